The SMILES string of the molecule is CO[C@@H]1[C@@H](OC(C)=O)[C@H](OC[C@H]2O[C@@H](O[C@H]3CC[C@@]4(C)[C@@H](CC[C@H]5[C@H]4CC[C@]4(C)[C@H](C6=CC(=O)OC6)[C@H](OC(C)=O)C[C@]54O)C3)[C@H](OC(C)=O)[C@@H](OC(C)=O)[C@@H]2OC(C)=O)O[C@H](C)[C@H]1OC(C)=O. The number of cyclic esters (lactones) is 1. The Hall–Kier alpha value is -4.21. The highest BCUT2D eigenvalue weighted by molar-refractivity contribution is 5.85. The van der Waals surface area contributed by atoms with E-state index in [2.05, 4.69) is 13.8 Å². The van der Waals surface area contributed by atoms with Crippen LogP contribution in [0.25, 0.3) is 0 Å². The monoisotopic (exact) mass is 964 g/mol. The van der Waals surface area contributed by atoms with Gasteiger partial charge in [0, 0.05) is 72.5 Å². The third kappa shape index (κ3) is 10.0. The van der Waals surface area contributed by atoms with E-state index in [0.717, 1.165) is 32.3 Å². The Kier molecular flexibility index (Phi) is 15.4. The van der Waals surface area contributed by atoms with Crippen molar-refractivity contribution in [2.24, 2.45) is 34.5 Å². The molecule has 3 heterocycles. The number of esters is 7. The Labute approximate surface area is 395 Å². The van der Waals surface area contributed by atoms with Crippen LogP contribution in [-0.2, 0) is 90.4 Å². The standard InChI is InChI=1S/C48H68O20/c1-22-38(62-24(3)50)40(57-10)42(65-27(6)53)44(60-22)59-21-35-39(63-25(4)51)41(64-26(5)52)43(66-28(7)54)45(68-35)67-31-13-15-46(8)30(18-31)11-12-33-32(46)14-16-47(9)37(29-17-36(55)58-20-29)34(61-23(2)49)19-48(33,47)56/h17,22,30-35,37-45,56H,11-16,18-21H2,1-10H3/t22-,30+,31+,32-,33+,34-,35-,37-,38-,39-,40+,41+,42-,43-,44-,45-,46+,47-,48+/m1/s1. The number of rotatable bonds is 13. The van der Waals surface area contributed by atoms with E-state index in [9.17, 15) is 38.7 Å². The number of methoxy groups -OCH3 is 1. The topological polar surface area (TPSA) is 250 Å². The largest absolute Gasteiger partial charge is 0.462 e. The van der Waals surface area contributed by atoms with Crippen LogP contribution in [-0.4, -0.2) is 146 Å². The van der Waals surface area contributed by atoms with Crippen LogP contribution in [0.5, 0.6) is 0 Å². The third-order valence-electron chi connectivity index (χ3n) is 16.0. The van der Waals surface area contributed by atoms with Crippen LogP contribution in [0.15, 0.2) is 11.6 Å². The number of hydrogen-bond donors (Lipinski definition) is 1. The molecule has 0 radical (unpaired) electrons. The second-order valence-corrected chi connectivity index (χ2v) is 20.2. The van der Waals surface area contributed by atoms with E-state index in [-0.39, 0.29) is 42.1 Å². The van der Waals surface area contributed by atoms with Gasteiger partial charge in [-0.2, -0.15) is 0 Å². The first-order valence-electron chi connectivity index (χ1n) is 23.7. The lowest BCUT2D eigenvalue weighted by Gasteiger charge is -2.63. The van der Waals surface area contributed by atoms with E-state index in [1.165, 1.54) is 40.9 Å². The van der Waals surface area contributed by atoms with E-state index >= 15 is 0 Å². The van der Waals surface area contributed by atoms with Crippen LogP contribution < -0.4 is 0 Å². The fraction of sp³-hybridized carbons (Fsp3) is 0.812. The molecule has 2 saturated heterocycles. The van der Waals surface area contributed by atoms with Gasteiger partial charge in [-0.1, -0.05) is 13.8 Å². The Morgan fingerprint density at radius 2 is 1.28 bits per heavy atom. The molecule has 0 unspecified atom stereocenters. The quantitative estimate of drug-likeness (QED) is 0.158. The number of fused-ring (bicyclic) bond motifs is 5. The van der Waals surface area contributed by atoms with Crippen LogP contribution in [0.1, 0.15) is 114 Å². The maximum Gasteiger partial charge on any atom is 0.331 e. The highest BCUT2D eigenvalue weighted by Gasteiger charge is 2.71. The summed E-state index contributed by atoms with van der Waals surface area (Å²) in [6.07, 6.45) is -6.78. The van der Waals surface area contributed by atoms with Gasteiger partial charge in [0.05, 0.1) is 24.4 Å². The Morgan fingerprint density at radius 3 is 1.87 bits per heavy atom. The van der Waals surface area contributed by atoms with Crippen LogP contribution in [0, 0.1) is 34.5 Å². The molecule has 4 aliphatic carbocycles. The summed E-state index contributed by atoms with van der Waals surface area (Å²) in [7, 11) is 1.35. The van der Waals surface area contributed by atoms with Gasteiger partial charge in [0.1, 0.15) is 24.9 Å². The van der Waals surface area contributed by atoms with Gasteiger partial charge in [-0.25, -0.2) is 4.79 Å². The fourth-order valence-electron chi connectivity index (χ4n) is 13.4. The molecular formula is C48H68O20. The highest BCUT2D eigenvalue weighted by atomic mass is 16.8. The molecule has 0 amide bonds. The van der Waals surface area contributed by atoms with Crippen LogP contribution in [0.4, 0.5) is 0 Å². The summed E-state index contributed by atoms with van der Waals surface area (Å²) in [5.74, 6) is -4.71. The minimum atomic E-state index is -1.43. The van der Waals surface area contributed by atoms with Crippen molar-refractivity contribution in [2.45, 2.75) is 193 Å². The molecule has 7 rings (SSSR count). The summed E-state index contributed by atoms with van der Waals surface area (Å²) in [5.41, 5.74) is -1.33. The van der Waals surface area contributed by atoms with Gasteiger partial charge >= 0.3 is 41.8 Å². The molecule has 7 aliphatic rings. The molecule has 68 heavy (non-hydrogen) atoms. The van der Waals surface area contributed by atoms with Crippen molar-refractivity contribution in [3.8, 4) is 0 Å². The molecule has 4 saturated carbocycles. The van der Waals surface area contributed by atoms with Gasteiger partial charge in [-0.3, -0.25) is 28.8 Å². The predicted octanol–water partition coefficient (Wildman–Crippen LogP) is 3.33. The minimum Gasteiger partial charge on any atom is -0.462 e. The molecule has 380 valence electrons. The Balaban J connectivity index is 1.12. The molecule has 1 N–H and O–H groups in total. The third-order valence-corrected chi connectivity index (χ3v) is 16.0. The maximum atomic E-state index is 13.0. The zero-order valence-electron chi connectivity index (χ0n) is 40.6. The average Bonchev–Trinajstić information content (AvgIpc) is 3.75. The van der Waals surface area contributed by atoms with Crippen molar-refractivity contribution in [1.29, 1.82) is 0 Å². The highest BCUT2D eigenvalue weighted by Crippen LogP contribution is 2.70. The van der Waals surface area contributed by atoms with E-state index in [1.807, 2.05) is 0 Å². The van der Waals surface area contributed by atoms with Crippen molar-refractivity contribution >= 4 is 41.8 Å². The number of hydrogen-bond acceptors (Lipinski definition) is 20. The molecule has 0 bridgehead atoms. The lowest BCUT2D eigenvalue weighted by atomic mass is 9.43. The second kappa shape index (κ2) is 20.3. The summed E-state index contributed by atoms with van der Waals surface area (Å²) >= 11 is 0. The van der Waals surface area contributed by atoms with Crippen LogP contribution in [0.3, 0.4) is 0 Å². The molecule has 20 nitrogen and oxygen atoms in total. The second-order valence-electron chi connectivity index (χ2n) is 20.2. The van der Waals surface area contributed by atoms with Gasteiger partial charge in [-0.05, 0) is 80.6 Å². The van der Waals surface area contributed by atoms with Crippen molar-refractivity contribution in [3.63, 3.8) is 0 Å². The van der Waals surface area contributed by atoms with Gasteiger partial charge in [0.2, 0.25) is 0 Å². The number of aliphatic hydroxyl groups is 1. The molecule has 0 spiro atoms. The van der Waals surface area contributed by atoms with Gasteiger partial charge in [0.25, 0.3) is 0 Å². The smallest absolute Gasteiger partial charge is 0.331 e. The normalized spacial score (nSPS) is 43.0. The van der Waals surface area contributed by atoms with Crippen molar-refractivity contribution in [1.82, 2.24) is 0 Å². The number of carbonyl (C=O) groups is 7. The summed E-state index contributed by atoms with van der Waals surface area (Å²) < 4.78 is 70.9. The zero-order valence-corrected chi connectivity index (χ0v) is 40.6. The zero-order chi connectivity index (χ0) is 49.6. The van der Waals surface area contributed by atoms with Crippen molar-refractivity contribution in [3.05, 3.63) is 11.6 Å². The van der Waals surface area contributed by atoms with Crippen molar-refractivity contribution < 1.29 is 95.5 Å². The first-order valence-corrected chi connectivity index (χ1v) is 23.7. The summed E-state index contributed by atoms with van der Waals surface area (Å²) in [5, 5.41) is 13.0. The first-order chi connectivity index (χ1) is 32.0. The van der Waals surface area contributed by atoms with Gasteiger partial charge in [0.15, 0.2) is 43.1 Å². The van der Waals surface area contributed by atoms with E-state index in [0.29, 0.717) is 32.1 Å². The maximum absolute atomic E-state index is 13.0. The van der Waals surface area contributed by atoms with Crippen LogP contribution >= 0.6 is 0 Å². The Morgan fingerprint density at radius 1 is 0.691 bits per heavy atom. The summed E-state index contributed by atoms with van der Waals surface area (Å²) in [6.45, 7) is 12.9. The molecule has 0 aromatic carbocycles. The van der Waals surface area contributed by atoms with Crippen molar-refractivity contribution in [2.75, 3.05) is 20.3 Å². The van der Waals surface area contributed by atoms with Crippen LogP contribution in [0.2, 0.25) is 0 Å². The Bertz CT molecular complexity index is 1990. The lowest BCUT2D eigenvalue weighted by molar-refractivity contribution is -0.339. The average molecular weight is 965 g/mol. The summed E-state index contributed by atoms with van der Waals surface area (Å²) in [4.78, 5) is 87.1. The molecule has 19 atom stereocenters. The molecular weight excluding hydrogens is 897 g/mol. The number of carbonyl (C=O) groups excluding carboxylic acids is 7. The minimum absolute atomic E-state index is 0.101. The lowest BCUT2D eigenvalue weighted by Crippen LogP contribution is -2.65. The van der Waals surface area contributed by atoms with Gasteiger partial charge in [-0.15, -0.1) is 0 Å². The molecule has 20 heteroatoms. The molecule has 6 fully saturated rings. The number of ether oxygens (including phenoxy) is 12. The predicted molar refractivity (Wildman–Crippen MR) is 229 cm³/mol. The fourth-order valence-corrected chi connectivity index (χ4v) is 13.4. The molecule has 0 aromatic heterocycles. The van der Waals surface area contributed by atoms with Gasteiger partial charge < -0.3 is 61.9 Å². The molecule has 3 aliphatic heterocycles. The van der Waals surface area contributed by atoms with E-state index in [1.54, 1.807) is 6.92 Å². The van der Waals surface area contributed by atoms with E-state index < -0.39 is 133 Å². The van der Waals surface area contributed by atoms with E-state index in [4.69, 9.17) is 56.8 Å². The first kappa shape index (κ1) is 51.6. The summed E-state index contributed by atoms with van der Waals surface area (Å²) in [6, 6.07) is 0. The molecule has 0 aromatic rings.